The van der Waals surface area contributed by atoms with Crippen LogP contribution >= 0.6 is 7.82 Å². The summed E-state index contributed by atoms with van der Waals surface area (Å²) < 4.78 is 28.0. The number of anilines is 1. The molecule has 0 aromatic carbocycles. The second-order valence-electron chi connectivity index (χ2n) is 4.50. The molecule has 2 unspecified atom stereocenters. The first kappa shape index (κ1) is 15.4. The third kappa shape index (κ3) is 3.28. The van der Waals surface area contributed by atoms with Crippen molar-refractivity contribution < 1.29 is 43.7 Å². The number of hydrogen-bond donors (Lipinski definition) is 6. The number of nitrogens with zero attached hydrogens (tertiary/aromatic N) is 2. The van der Waals surface area contributed by atoms with Crippen molar-refractivity contribution >= 4 is 19.6 Å². The van der Waals surface area contributed by atoms with Gasteiger partial charge in [-0.15, -0.1) is 0 Å². The van der Waals surface area contributed by atoms with Crippen LogP contribution in [0.5, 0.6) is 0 Å². The van der Waals surface area contributed by atoms with Gasteiger partial charge in [0.2, 0.25) is 1.43 Å². The fourth-order valence-electron chi connectivity index (χ4n) is 2.00. The largest absolute Gasteiger partial charge is 0.476 e. The van der Waals surface area contributed by atoms with E-state index in [2.05, 4.69) is 14.4 Å². The van der Waals surface area contributed by atoms with E-state index in [1.54, 1.807) is 0 Å². The summed E-state index contributed by atoms with van der Waals surface area (Å²) in [5, 5.41) is 28.7. The molecule has 22 heavy (non-hydrogen) atoms. The first-order valence-electron chi connectivity index (χ1n) is 6.28. The lowest BCUT2D eigenvalue weighted by atomic mass is 10.1. The lowest BCUT2D eigenvalue weighted by molar-refractivity contribution is -0.0511. The van der Waals surface area contributed by atoms with E-state index in [-0.39, 0.29) is 5.82 Å². The fraction of sp³-hybridized carbons (Fsp3) is 0.556. The Balaban J connectivity index is 2.14. The molecule has 1 aliphatic rings. The van der Waals surface area contributed by atoms with Crippen LogP contribution in [0.3, 0.4) is 0 Å². The summed E-state index contributed by atoms with van der Waals surface area (Å²) in [6.45, 7) is -0.665. The fourth-order valence-corrected chi connectivity index (χ4v) is 2.34. The molecule has 2 rings (SSSR count). The number of aliphatic hydroxyl groups excluding tert-OH is 2. The zero-order chi connectivity index (χ0) is 17.4. The lowest BCUT2D eigenvalue weighted by Crippen LogP contribution is -2.33. The van der Waals surface area contributed by atoms with Crippen molar-refractivity contribution in [2.75, 3.05) is 12.3 Å². The minimum absolute atomic E-state index is 0.308. The molecule has 1 saturated heterocycles. The summed E-state index contributed by atoms with van der Waals surface area (Å²) in [5.74, 6) is -1.69. The van der Waals surface area contributed by atoms with Crippen LogP contribution in [0.15, 0.2) is 6.33 Å². The van der Waals surface area contributed by atoms with Crippen molar-refractivity contribution in [3.8, 4) is 0 Å². The summed E-state index contributed by atoms with van der Waals surface area (Å²) >= 11 is 0. The number of imidazole rings is 1. The Labute approximate surface area is 124 Å². The van der Waals surface area contributed by atoms with E-state index in [0.29, 0.717) is 0 Å². The van der Waals surface area contributed by atoms with Crippen molar-refractivity contribution in [3.63, 3.8) is 0 Å². The lowest BCUT2D eigenvalue weighted by Gasteiger charge is -2.17. The minimum Gasteiger partial charge on any atom is -0.476 e. The molecule has 1 aromatic rings. The van der Waals surface area contributed by atoms with Crippen LogP contribution in [0.2, 0.25) is 0 Å². The Kier molecular flexibility index (Phi) is 4.14. The number of phosphoric ester groups is 1. The van der Waals surface area contributed by atoms with Gasteiger partial charge in [-0.3, -0.25) is 9.09 Å². The molecule has 5 atom stereocenters. The second kappa shape index (κ2) is 5.93. The molecule has 0 radical (unpaired) electrons. The first-order chi connectivity index (χ1) is 10.7. The minimum atomic E-state index is -4.61. The number of nitrogens with two attached hydrogens (primary N) is 1. The SMILES string of the molecule is [2H]OP(=O)(O)OC[C@H]1OC(n2cnc(C(=O)O)c2N)[C@H](O)[C@@H]1O. The number of rotatable bonds is 6. The van der Waals surface area contributed by atoms with Crippen molar-refractivity contribution in [1.82, 2.24) is 9.55 Å². The van der Waals surface area contributed by atoms with Gasteiger partial charge in [0.25, 0.3) is 0 Å². The molecule has 2 heterocycles. The smallest absolute Gasteiger partial charge is 0.469 e. The van der Waals surface area contributed by atoms with Crippen LogP contribution in [-0.4, -0.2) is 67.0 Å². The van der Waals surface area contributed by atoms with Crippen molar-refractivity contribution in [1.29, 1.82) is 1.43 Å². The molecular formula is C9H14N3O9P. The zero-order valence-corrected chi connectivity index (χ0v) is 11.7. The molecule has 0 saturated carbocycles. The maximum atomic E-state index is 11.0. The van der Waals surface area contributed by atoms with Gasteiger partial charge in [-0.25, -0.2) is 14.3 Å². The van der Waals surface area contributed by atoms with E-state index in [9.17, 15) is 19.6 Å². The van der Waals surface area contributed by atoms with Crippen LogP contribution in [0.4, 0.5) is 5.82 Å². The van der Waals surface area contributed by atoms with Gasteiger partial charge in [0.15, 0.2) is 11.9 Å². The molecule has 7 N–H and O–H groups in total. The third-order valence-corrected chi connectivity index (χ3v) is 3.52. The Hall–Kier alpha value is -1.53. The van der Waals surface area contributed by atoms with Gasteiger partial charge in [-0.2, -0.15) is 0 Å². The first-order valence-corrected chi connectivity index (χ1v) is 7.37. The highest BCUT2D eigenvalue weighted by Crippen LogP contribution is 2.38. The van der Waals surface area contributed by atoms with E-state index in [1.165, 1.54) is 0 Å². The highest BCUT2D eigenvalue weighted by atomic mass is 31.2. The third-order valence-electron chi connectivity index (χ3n) is 3.05. The number of carboxylic acid groups (broad SMARTS) is 1. The summed E-state index contributed by atoms with van der Waals surface area (Å²) in [6, 6.07) is 0. The molecule has 0 spiro atoms. The Morgan fingerprint density at radius 2 is 2.27 bits per heavy atom. The van der Waals surface area contributed by atoms with Gasteiger partial charge >= 0.3 is 13.8 Å². The molecule has 13 heteroatoms. The molecule has 1 fully saturated rings. The summed E-state index contributed by atoms with van der Waals surface area (Å²) in [6.07, 6.45) is -4.58. The number of aromatic nitrogens is 2. The van der Waals surface area contributed by atoms with Crippen LogP contribution in [-0.2, 0) is 13.8 Å². The topological polar surface area (TPSA) is 198 Å². The van der Waals surface area contributed by atoms with E-state index in [0.717, 1.165) is 10.9 Å². The number of aromatic carboxylic acids is 1. The van der Waals surface area contributed by atoms with Crippen LogP contribution in [0.1, 0.15) is 16.7 Å². The molecule has 124 valence electrons. The number of ether oxygens (including phenoxy) is 1. The Morgan fingerprint density at radius 3 is 2.82 bits per heavy atom. The van der Waals surface area contributed by atoms with Gasteiger partial charge in [-0.05, 0) is 0 Å². The standard InChI is InChI=1S/C9H14N3O9P/c10-7-4(9(15)16)11-2-12(7)8-6(14)5(13)3(21-8)1-20-22(17,18)19/h2-3,5-6,8,13-14H,1,10H2,(H,15,16)(H2,17,18,19)/t3-,5-,6-,8?/m1/s1/i/hD. The van der Waals surface area contributed by atoms with E-state index >= 15 is 0 Å². The number of phosphoric acid groups is 1. The van der Waals surface area contributed by atoms with Gasteiger partial charge < -0.3 is 35.6 Å². The molecule has 1 aliphatic heterocycles. The number of hydrogen-bond acceptors (Lipinski definition) is 9. The maximum Gasteiger partial charge on any atom is 0.469 e. The molecular weight excluding hydrogens is 325 g/mol. The predicted octanol–water partition coefficient (Wildman–Crippen LogP) is -2.11. The molecule has 1 aromatic heterocycles. The normalized spacial score (nSPS) is 31.7. The number of nitrogen functional groups attached to an aromatic ring is 1. The molecule has 0 aliphatic carbocycles. The van der Waals surface area contributed by atoms with Crippen molar-refractivity contribution in [2.24, 2.45) is 0 Å². The highest BCUT2D eigenvalue weighted by molar-refractivity contribution is 7.46. The highest BCUT2D eigenvalue weighted by Gasteiger charge is 2.45. The summed E-state index contributed by atoms with van der Waals surface area (Å²) in [4.78, 5) is 26.8. The Bertz CT molecular complexity index is 640. The quantitative estimate of drug-likeness (QED) is 0.310. The van der Waals surface area contributed by atoms with Crippen LogP contribution in [0.25, 0.3) is 0 Å². The Morgan fingerprint density at radius 1 is 1.59 bits per heavy atom. The van der Waals surface area contributed by atoms with Crippen LogP contribution in [0, 0.1) is 0 Å². The van der Waals surface area contributed by atoms with Gasteiger partial charge in [-0.1, -0.05) is 0 Å². The number of carbonyl (C=O) groups is 1. The molecule has 0 amide bonds. The number of carboxylic acids is 1. The van der Waals surface area contributed by atoms with E-state index in [4.69, 9.17) is 21.9 Å². The summed E-state index contributed by atoms with van der Waals surface area (Å²) in [7, 11) is -4.61. The average molecular weight is 340 g/mol. The maximum absolute atomic E-state index is 11.0. The van der Waals surface area contributed by atoms with Gasteiger partial charge in [0.05, 0.1) is 12.9 Å². The van der Waals surface area contributed by atoms with Crippen LogP contribution < -0.4 is 5.73 Å². The average Bonchev–Trinajstić information content (AvgIpc) is 2.99. The van der Waals surface area contributed by atoms with E-state index < -0.39 is 50.6 Å². The molecule has 0 bridgehead atoms. The van der Waals surface area contributed by atoms with Gasteiger partial charge in [0, 0.05) is 0 Å². The van der Waals surface area contributed by atoms with Crippen molar-refractivity contribution in [2.45, 2.75) is 24.5 Å². The number of aliphatic hydroxyl groups is 2. The second-order valence-corrected chi connectivity index (χ2v) is 5.70. The predicted molar refractivity (Wildman–Crippen MR) is 67.5 cm³/mol. The molecule has 12 nitrogen and oxygen atoms in total. The summed E-state index contributed by atoms with van der Waals surface area (Å²) in [5.41, 5.74) is 5.13. The van der Waals surface area contributed by atoms with Crippen molar-refractivity contribution in [3.05, 3.63) is 12.0 Å². The van der Waals surface area contributed by atoms with Gasteiger partial charge in [0.1, 0.15) is 24.1 Å². The monoisotopic (exact) mass is 340 g/mol. The zero-order valence-electron chi connectivity index (χ0n) is 11.8. The van der Waals surface area contributed by atoms with E-state index in [1.807, 2.05) is 0 Å².